The highest BCUT2D eigenvalue weighted by atomic mass is 16.5. The predicted octanol–water partition coefficient (Wildman–Crippen LogP) is 2.09. The van der Waals surface area contributed by atoms with Crippen molar-refractivity contribution in [2.75, 3.05) is 26.2 Å². The van der Waals surface area contributed by atoms with Crippen LogP contribution in [0.25, 0.3) is 0 Å². The van der Waals surface area contributed by atoms with Crippen molar-refractivity contribution in [3.8, 4) is 6.07 Å². The zero-order valence-corrected chi connectivity index (χ0v) is 14.0. The number of hydrogen-bond donors (Lipinski definition) is 1. The van der Waals surface area contributed by atoms with Gasteiger partial charge in [-0.3, -0.25) is 9.69 Å². The first-order chi connectivity index (χ1) is 11.7. The smallest absolute Gasteiger partial charge is 0.240 e. The molecule has 1 amide bonds. The summed E-state index contributed by atoms with van der Waals surface area (Å²) in [5, 5.41) is 12.3. The van der Waals surface area contributed by atoms with Crippen molar-refractivity contribution in [2.45, 2.75) is 38.3 Å². The molecule has 1 aliphatic carbocycles. The summed E-state index contributed by atoms with van der Waals surface area (Å²) in [7, 11) is 0. The summed E-state index contributed by atoms with van der Waals surface area (Å²) < 4.78 is 5.79. The van der Waals surface area contributed by atoms with Gasteiger partial charge in [0.1, 0.15) is 5.41 Å². The van der Waals surface area contributed by atoms with Gasteiger partial charge < -0.3 is 10.1 Å². The highest BCUT2D eigenvalue weighted by Gasteiger charge is 2.41. The molecule has 0 bridgehead atoms. The van der Waals surface area contributed by atoms with Gasteiger partial charge in [0.25, 0.3) is 0 Å². The number of carbonyl (C=O) groups excluding carboxylic acids is 1. The molecular weight excluding hydrogens is 302 g/mol. The Morgan fingerprint density at radius 1 is 1.33 bits per heavy atom. The van der Waals surface area contributed by atoms with Crippen LogP contribution >= 0.6 is 0 Å². The number of nitrogens with one attached hydrogen (secondary N) is 1. The number of nitriles is 1. The summed E-state index contributed by atoms with van der Waals surface area (Å²) in [6.45, 7) is 3.76. The van der Waals surface area contributed by atoms with Crippen LogP contribution in [0.1, 0.15) is 31.2 Å². The Labute approximate surface area is 143 Å². The third-order valence-corrected chi connectivity index (χ3v) is 5.07. The number of nitrogens with zero attached hydrogens (tertiary/aromatic N) is 2. The molecule has 0 radical (unpaired) electrons. The van der Waals surface area contributed by atoms with E-state index in [9.17, 15) is 10.1 Å². The van der Waals surface area contributed by atoms with E-state index >= 15 is 0 Å². The van der Waals surface area contributed by atoms with Gasteiger partial charge in [0.15, 0.2) is 0 Å². The average molecular weight is 327 g/mol. The van der Waals surface area contributed by atoms with Gasteiger partial charge in [-0.2, -0.15) is 5.26 Å². The summed E-state index contributed by atoms with van der Waals surface area (Å²) in [6, 6.07) is 12.6. The Morgan fingerprint density at radius 3 is 2.79 bits per heavy atom. The van der Waals surface area contributed by atoms with Crippen molar-refractivity contribution in [3.63, 3.8) is 0 Å². The molecule has 5 heteroatoms. The second-order valence-electron chi connectivity index (χ2n) is 6.82. The first kappa shape index (κ1) is 16.9. The zero-order valence-electron chi connectivity index (χ0n) is 14.0. The van der Waals surface area contributed by atoms with Crippen molar-refractivity contribution in [1.29, 1.82) is 5.26 Å². The number of benzene rings is 1. The number of amides is 1. The number of carbonyl (C=O) groups is 1. The van der Waals surface area contributed by atoms with Gasteiger partial charge >= 0.3 is 0 Å². The van der Waals surface area contributed by atoms with Crippen molar-refractivity contribution >= 4 is 5.91 Å². The lowest BCUT2D eigenvalue weighted by Crippen LogP contribution is -2.49. The lowest BCUT2D eigenvalue weighted by atomic mass is 9.87. The van der Waals surface area contributed by atoms with Gasteiger partial charge in [0.05, 0.1) is 18.8 Å². The highest BCUT2D eigenvalue weighted by Crippen LogP contribution is 2.37. The Bertz CT molecular complexity index is 590. The zero-order chi connectivity index (χ0) is 16.8. The molecule has 0 aromatic heterocycles. The molecule has 5 nitrogen and oxygen atoms in total. The molecular formula is C19H25N3O2. The minimum atomic E-state index is -0.807. The van der Waals surface area contributed by atoms with E-state index in [0.717, 1.165) is 32.5 Å². The van der Waals surface area contributed by atoms with Crippen molar-refractivity contribution < 1.29 is 9.53 Å². The fraction of sp³-hybridized carbons (Fsp3) is 0.579. The minimum Gasteiger partial charge on any atom is -0.374 e. The molecule has 2 aliphatic rings. The Morgan fingerprint density at radius 2 is 2.08 bits per heavy atom. The lowest BCUT2D eigenvalue weighted by Gasteiger charge is -2.33. The molecule has 1 atom stereocenters. The maximum atomic E-state index is 12.4. The summed E-state index contributed by atoms with van der Waals surface area (Å²) in [5.74, 6) is -0.119. The topological polar surface area (TPSA) is 65.4 Å². The lowest BCUT2D eigenvalue weighted by molar-refractivity contribution is -0.129. The highest BCUT2D eigenvalue weighted by molar-refractivity contribution is 5.85. The maximum absolute atomic E-state index is 12.4. The van der Waals surface area contributed by atoms with Crippen molar-refractivity contribution in [1.82, 2.24) is 10.2 Å². The van der Waals surface area contributed by atoms with Gasteiger partial charge in [0, 0.05) is 26.2 Å². The molecule has 1 heterocycles. The Hall–Kier alpha value is -1.90. The molecule has 3 rings (SSSR count). The van der Waals surface area contributed by atoms with Crippen molar-refractivity contribution in [3.05, 3.63) is 35.9 Å². The fourth-order valence-electron chi connectivity index (χ4n) is 3.63. The monoisotopic (exact) mass is 327 g/mol. The van der Waals surface area contributed by atoms with E-state index in [1.54, 1.807) is 0 Å². The van der Waals surface area contributed by atoms with Crippen LogP contribution in [0.5, 0.6) is 0 Å². The molecule has 2 fully saturated rings. The molecule has 128 valence electrons. The normalized spacial score (nSPS) is 23.5. The summed E-state index contributed by atoms with van der Waals surface area (Å²) in [5.41, 5.74) is 0.481. The first-order valence-corrected chi connectivity index (χ1v) is 8.79. The van der Waals surface area contributed by atoms with E-state index in [4.69, 9.17) is 4.74 Å². The number of hydrogen-bond acceptors (Lipinski definition) is 4. The standard InChI is InChI=1S/C19H25N3O2/c20-15-19(8-4-5-9-19)18(23)21-12-17-14-22(10-11-24-17)13-16-6-2-1-3-7-16/h1-3,6-7,17H,4-5,8-14H2,(H,21,23). The molecule has 1 aromatic rings. The average Bonchev–Trinajstić information content (AvgIpc) is 3.11. The van der Waals surface area contributed by atoms with Crippen LogP contribution in [-0.2, 0) is 16.1 Å². The predicted molar refractivity (Wildman–Crippen MR) is 91.0 cm³/mol. The number of morpholine rings is 1. The van der Waals surface area contributed by atoms with E-state index in [1.807, 2.05) is 6.07 Å². The van der Waals surface area contributed by atoms with Gasteiger partial charge in [0.2, 0.25) is 5.91 Å². The second-order valence-corrected chi connectivity index (χ2v) is 6.82. The molecule has 1 saturated heterocycles. The summed E-state index contributed by atoms with van der Waals surface area (Å²) in [6.07, 6.45) is 3.28. The van der Waals surface area contributed by atoms with Crippen LogP contribution < -0.4 is 5.32 Å². The van der Waals surface area contributed by atoms with Gasteiger partial charge in [-0.25, -0.2) is 0 Å². The minimum absolute atomic E-state index is 0.0106. The number of ether oxygens (including phenoxy) is 1. The van der Waals surface area contributed by atoms with Crippen LogP contribution in [0, 0.1) is 16.7 Å². The number of rotatable bonds is 5. The maximum Gasteiger partial charge on any atom is 0.240 e. The van der Waals surface area contributed by atoms with Crippen molar-refractivity contribution in [2.24, 2.45) is 5.41 Å². The van der Waals surface area contributed by atoms with Crippen LogP contribution in [0.2, 0.25) is 0 Å². The fourth-order valence-corrected chi connectivity index (χ4v) is 3.63. The van der Waals surface area contributed by atoms with Crippen LogP contribution in [0.3, 0.4) is 0 Å². The van der Waals surface area contributed by atoms with Gasteiger partial charge in [-0.1, -0.05) is 43.2 Å². The quantitative estimate of drug-likeness (QED) is 0.899. The molecule has 1 aromatic carbocycles. The first-order valence-electron chi connectivity index (χ1n) is 8.79. The van der Waals surface area contributed by atoms with E-state index < -0.39 is 5.41 Å². The molecule has 0 spiro atoms. The summed E-state index contributed by atoms with van der Waals surface area (Å²) >= 11 is 0. The molecule has 1 aliphatic heterocycles. The van der Waals surface area contributed by atoms with E-state index in [1.165, 1.54) is 5.56 Å². The SMILES string of the molecule is N#CC1(C(=O)NCC2CN(Cc3ccccc3)CCO2)CCCC1. The molecule has 1 unspecified atom stereocenters. The summed E-state index contributed by atoms with van der Waals surface area (Å²) in [4.78, 5) is 14.8. The second kappa shape index (κ2) is 7.78. The Kier molecular flexibility index (Phi) is 5.49. The molecule has 24 heavy (non-hydrogen) atoms. The van der Waals surface area contributed by atoms with Gasteiger partial charge in [-0.15, -0.1) is 0 Å². The van der Waals surface area contributed by atoms with E-state index in [0.29, 0.717) is 26.0 Å². The molecule has 1 N–H and O–H groups in total. The van der Waals surface area contributed by atoms with Crippen LogP contribution in [0.4, 0.5) is 0 Å². The third kappa shape index (κ3) is 3.95. The van der Waals surface area contributed by atoms with Crippen LogP contribution in [-0.4, -0.2) is 43.2 Å². The Balaban J connectivity index is 1.49. The third-order valence-electron chi connectivity index (χ3n) is 5.07. The van der Waals surface area contributed by atoms with Crippen LogP contribution in [0.15, 0.2) is 30.3 Å². The van der Waals surface area contributed by atoms with E-state index in [-0.39, 0.29) is 12.0 Å². The van der Waals surface area contributed by atoms with Gasteiger partial charge in [-0.05, 0) is 18.4 Å². The van der Waals surface area contributed by atoms with E-state index in [2.05, 4.69) is 40.6 Å². The largest absolute Gasteiger partial charge is 0.374 e. The molecule has 1 saturated carbocycles.